The highest BCUT2D eigenvalue weighted by Crippen LogP contribution is 2.03. The summed E-state index contributed by atoms with van der Waals surface area (Å²) in [4.78, 5) is 4.43. The molecule has 0 unspecified atom stereocenters. The van der Waals surface area contributed by atoms with Crippen molar-refractivity contribution in [2.24, 2.45) is 4.99 Å². The Labute approximate surface area is 137 Å². The second-order valence-electron chi connectivity index (χ2n) is 3.95. The minimum absolute atomic E-state index is 0. The highest BCUT2D eigenvalue weighted by molar-refractivity contribution is 14.0. The Bertz CT molecular complexity index is 385. The Balaban J connectivity index is 0.00000361. The lowest BCUT2D eigenvalue weighted by Crippen LogP contribution is -2.39. The largest absolute Gasteiger partial charge is 0.380 e. The molecule has 114 valence electrons. The lowest BCUT2D eigenvalue weighted by Gasteiger charge is -2.11. The number of guanidine groups is 1. The van der Waals surface area contributed by atoms with Gasteiger partial charge in [-0.05, 0) is 31.5 Å². The maximum Gasteiger partial charge on any atom is 0.191 e. The van der Waals surface area contributed by atoms with Crippen molar-refractivity contribution in [1.29, 1.82) is 0 Å². The third-order valence-corrected chi connectivity index (χ3v) is 2.42. The van der Waals surface area contributed by atoms with Crippen LogP contribution in [0.5, 0.6) is 0 Å². The molecule has 0 bridgehead atoms. The summed E-state index contributed by atoms with van der Waals surface area (Å²) in [6.07, 6.45) is 0. The van der Waals surface area contributed by atoms with Crippen LogP contribution in [0.1, 0.15) is 19.4 Å². The fourth-order valence-corrected chi connectivity index (χ4v) is 1.49. The third-order valence-electron chi connectivity index (χ3n) is 2.42. The van der Waals surface area contributed by atoms with E-state index in [2.05, 4.69) is 15.6 Å². The number of halogens is 2. The number of nitrogens with zero attached hydrogens (tertiary/aromatic N) is 1. The molecule has 0 aromatic heterocycles. The summed E-state index contributed by atoms with van der Waals surface area (Å²) in [5.74, 6) is 0.515. The molecule has 0 fully saturated rings. The van der Waals surface area contributed by atoms with Crippen molar-refractivity contribution in [2.45, 2.75) is 20.4 Å². The Morgan fingerprint density at radius 2 is 1.90 bits per heavy atom. The van der Waals surface area contributed by atoms with Crippen LogP contribution in [0.15, 0.2) is 29.3 Å². The van der Waals surface area contributed by atoms with Crippen LogP contribution < -0.4 is 10.6 Å². The van der Waals surface area contributed by atoms with Crippen molar-refractivity contribution in [3.05, 3.63) is 35.6 Å². The second-order valence-corrected chi connectivity index (χ2v) is 3.95. The summed E-state index contributed by atoms with van der Waals surface area (Å²) in [5, 5.41) is 6.33. The first-order valence-corrected chi connectivity index (χ1v) is 6.60. The maximum atomic E-state index is 12.8. The predicted molar refractivity (Wildman–Crippen MR) is 91.1 cm³/mol. The molecule has 2 N–H and O–H groups in total. The molecule has 1 aromatic carbocycles. The number of hydrogen-bond donors (Lipinski definition) is 2. The molecule has 6 heteroatoms. The van der Waals surface area contributed by atoms with E-state index >= 15 is 0 Å². The fraction of sp³-hybridized carbons (Fsp3) is 0.500. The van der Waals surface area contributed by atoms with Crippen molar-refractivity contribution in [1.82, 2.24) is 10.6 Å². The van der Waals surface area contributed by atoms with Gasteiger partial charge in [-0.3, -0.25) is 0 Å². The van der Waals surface area contributed by atoms with Gasteiger partial charge in [0.05, 0.1) is 13.2 Å². The van der Waals surface area contributed by atoms with E-state index < -0.39 is 0 Å². The first-order valence-electron chi connectivity index (χ1n) is 6.60. The van der Waals surface area contributed by atoms with E-state index in [0.717, 1.165) is 18.1 Å². The molecule has 1 aromatic rings. The quantitative estimate of drug-likeness (QED) is 0.323. The second kappa shape index (κ2) is 11.9. The van der Waals surface area contributed by atoms with Gasteiger partial charge in [0, 0.05) is 19.7 Å². The summed E-state index contributed by atoms with van der Waals surface area (Å²) >= 11 is 0. The number of rotatable bonds is 7. The Morgan fingerprint density at radius 1 is 1.20 bits per heavy atom. The molecule has 0 aliphatic rings. The molecule has 0 amide bonds. The van der Waals surface area contributed by atoms with Gasteiger partial charge in [-0.1, -0.05) is 12.1 Å². The summed E-state index contributed by atoms with van der Waals surface area (Å²) in [6.45, 7) is 7.37. The minimum Gasteiger partial charge on any atom is -0.380 e. The van der Waals surface area contributed by atoms with Crippen molar-refractivity contribution in [2.75, 3.05) is 26.3 Å². The van der Waals surface area contributed by atoms with Gasteiger partial charge in [0.1, 0.15) is 5.82 Å². The van der Waals surface area contributed by atoms with Gasteiger partial charge in [0.25, 0.3) is 0 Å². The number of nitrogens with one attached hydrogen (secondary N) is 2. The standard InChI is InChI=1S/C14H22FN3O.HI/c1-3-16-14(17-9-10-19-4-2)18-11-12-5-7-13(15)8-6-12;/h5-8H,3-4,9-11H2,1-2H3,(H2,16,17,18);1H. The highest BCUT2D eigenvalue weighted by Gasteiger charge is 1.97. The highest BCUT2D eigenvalue weighted by atomic mass is 127. The van der Waals surface area contributed by atoms with Crippen molar-refractivity contribution >= 4 is 29.9 Å². The topological polar surface area (TPSA) is 45.7 Å². The summed E-state index contributed by atoms with van der Waals surface area (Å²) in [6, 6.07) is 6.37. The van der Waals surface area contributed by atoms with Crippen LogP contribution in [0, 0.1) is 5.82 Å². The van der Waals surface area contributed by atoms with E-state index in [0.29, 0.717) is 26.3 Å². The Kier molecular flexibility index (Phi) is 11.4. The van der Waals surface area contributed by atoms with E-state index in [9.17, 15) is 4.39 Å². The van der Waals surface area contributed by atoms with E-state index in [-0.39, 0.29) is 29.8 Å². The first-order chi connectivity index (χ1) is 9.26. The van der Waals surface area contributed by atoms with Gasteiger partial charge in [-0.2, -0.15) is 0 Å². The molecule has 0 aliphatic heterocycles. The normalized spacial score (nSPS) is 10.8. The van der Waals surface area contributed by atoms with E-state index in [1.807, 2.05) is 13.8 Å². The van der Waals surface area contributed by atoms with Gasteiger partial charge < -0.3 is 15.4 Å². The zero-order chi connectivity index (χ0) is 13.9. The number of ether oxygens (including phenoxy) is 1. The fourth-order valence-electron chi connectivity index (χ4n) is 1.49. The number of aliphatic imine (C=N–C) groups is 1. The summed E-state index contributed by atoms with van der Waals surface area (Å²) in [5.41, 5.74) is 0.975. The van der Waals surface area contributed by atoms with Crippen LogP contribution in [0.3, 0.4) is 0 Å². The summed E-state index contributed by atoms with van der Waals surface area (Å²) < 4.78 is 18.0. The first kappa shape index (κ1) is 19.1. The van der Waals surface area contributed by atoms with E-state index in [4.69, 9.17) is 4.74 Å². The SMILES string of the molecule is CCNC(=NCc1ccc(F)cc1)NCCOCC.I. The Hall–Kier alpha value is -0.890. The molecule has 0 atom stereocenters. The minimum atomic E-state index is -0.227. The number of benzene rings is 1. The van der Waals surface area contributed by atoms with Gasteiger partial charge >= 0.3 is 0 Å². The molecule has 0 saturated carbocycles. The monoisotopic (exact) mass is 395 g/mol. The van der Waals surface area contributed by atoms with Crippen LogP contribution in [0.25, 0.3) is 0 Å². The molecule has 0 heterocycles. The lowest BCUT2D eigenvalue weighted by atomic mass is 10.2. The van der Waals surface area contributed by atoms with Crippen molar-refractivity contribution in [3.63, 3.8) is 0 Å². The van der Waals surface area contributed by atoms with E-state index in [1.54, 1.807) is 12.1 Å². The number of hydrogen-bond acceptors (Lipinski definition) is 2. The third kappa shape index (κ3) is 8.31. The van der Waals surface area contributed by atoms with Crippen LogP contribution in [-0.2, 0) is 11.3 Å². The molecular formula is C14H23FIN3O. The molecule has 1 rings (SSSR count). The van der Waals surface area contributed by atoms with E-state index in [1.165, 1.54) is 12.1 Å². The summed E-state index contributed by atoms with van der Waals surface area (Å²) in [7, 11) is 0. The molecule has 0 aliphatic carbocycles. The van der Waals surface area contributed by atoms with Gasteiger partial charge in [-0.15, -0.1) is 24.0 Å². The van der Waals surface area contributed by atoms with Gasteiger partial charge in [0.2, 0.25) is 0 Å². The van der Waals surface area contributed by atoms with Gasteiger partial charge in [0.15, 0.2) is 5.96 Å². The molecule has 0 saturated heterocycles. The zero-order valence-electron chi connectivity index (χ0n) is 12.0. The van der Waals surface area contributed by atoms with Gasteiger partial charge in [-0.25, -0.2) is 9.38 Å². The van der Waals surface area contributed by atoms with Crippen LogP contribution in [0.2, 0.25) is 0 Å². The van der Waals surface area contributed by atoms with Crippen molar-refractivity contribution in [3.8, 4) is 0 Å². The van der Waals surface area contributed by atoms with Crippen molar-refractivity contribution < 1.29 is 9.13 Å². The van der Waals surface area contributed by atoms with Crippen LogP contribution >= 0.6 is 24.0 Å². The molecule has 0 spiro atoms. The smallest absolute Gasteiger partial charge is 0.191 e. The maximum absolute atomic E-state index is 12.8. The predicted octanol–water partition coefficient (Wildman–Crippen LogP) is 2.54. The average molecular weight is 395 g/mol. The lowest BCUT2D eigenvalue weighted by molar-refractivity contribution is 0.152. The van der Waals surface area contributed by atoms with Crippen LogP contribution in [-0.4, -0.2) is 32.3 Å². The zero-order valence-corrected chi connectivity index (χ0v) is 14.3. The Morgan fingerprint density at radius 3 is 2.50 bits per heavy atom. The molecule has 0 radical (unpaired) electrons. The average Bonchev–Trinajstić information content (AvgIpc) is 2.42. The molecule has 4 nitrogen and oxygen atoms in total. The molecule has 20 heavy (non-hydrogen) atoms. The van der Waals surface area contributed by atoms with Crippen LogP contribution in [0.4, 0.5) is 4.39 Å². The molecular weight excluding hydrogens is 372 g/mol.